The van der Waals surface area contributed by atoms with Crippen molar-refractivity contribution < 1.29 is 14.3 Å². The van der Waals surface area contributed by atoms with Crippen LogP contribution < -0.4 is 14.8 Å². The normalized spacial score (nSPS) is 10.3. The van der Waals surface area contributed by atoms with Crippen LogP contribution in [0.5, 0.6) is 11.5 Å². The SMILES string of the molecule is CCCOc1c(Cl)cc(C(=O)NCc2ccccn2)cc1OCC. The number of amides is 1. The van der Waals surface area contributed by atoms with Crippen molar-refractivity contribution in [3.63, 3.8) is 0 Å². The Hall–Kier alpha value is -2.27. The number of hydrogen-bond acceptors (Lipinski definition) is 4. The number of rotatable bonds is 8. The molecule has 24 heavy (non-hydrogen) atoms. The van der Waals surface area contributed by atoms with E-state index in [9.17, 15) is 4.79 Å². The van der Waals surface area contributed by atoms with Gasteiger partial charge in [0, 0.05) is 11.8 Å². The molecule has 1 heterocycles. The number of carbonyl (C=O) groups excluding carboxylic acids is 1. The summed E-state index contributed by atoms with van der Waals surface area (Å²) < 4.78 is 11.2. The Balaban J connectivity index is 2.15. The zero-order valence-electron chi connectivity index (χ0n) is 13.8. The van der Waals surface area contributed by atoms with Gasteiger partial charge in [-0.1, -0.05) is 24.6 Å². The molecule has 0 radical (unpaired) electrons. The summed E-state index contributed by atoms with van der Waals surface area (Å²) in [6.07, 6.45) is 2.54. The van der Waals surface area contributed by atoms with Gasteiger partial charge >= 0.3 is 0 Å². The van der Waals surface area contributed by atoms with E-state index in [1.807, 2.05) is 32.0 Å². The van der Waals surface area contributed by atoms with Gasteiger partial charge in [0.15, 0.2) is 11.5 Å². The number of benzene rings is 1. The summed E-state index contributed by atoms with van der Waals surface area (Å²) in [6, 6.07) is 8.78. The lowest BCUT2D eigenvalue weighted by atomic mass is 10.2. The van der Waals surface area contributed by atoms with Crippen LogP contribution in [-0.2, 0) is 6.54 Å². The second-order valence-corrected chi connectivity index (χ2v) is 5.48. The Morgan fingerprint density at radius 1 is 1.25 bits per heavy atom. The van der Waals surface area contributed by atoms with E-state index < -0.39 is 0 Å². The second kappa shape index (κ2) is 9.13. The summed E-state index contributed by atoms with van der Waals surface area (Å²) >= 11 is 6.27. The van der Waals surface area contributed by atoms with Crippen LogP contribution >= 0.6 is 11.6 Å². The van der Waals surface area contributed by atoms with Crippen molar-refractivity contribution in [2.45, 2.75) is 26.8 Å². The average molecular weight is 349 g/mol. The number of aromatic nitrogens is 1. The highest BCUT2D eigenvalue weighted by Gasteiger charge is 2.16. The molecule has 0 aliphatic rings. The zero-order valence-corrected chi connectivity index (χ0v) is 14.6. The van der Waals surface area contributed by atoms with E-state index in [0.29, 0.717) is 41.8 Å². The highest BCUT2D eigenvalue weighted by Crippen LogP contribution is 2.36. The van der Waals surface area contributed by atoms with Crippen LogP contribution in [0.15, 0.2) is 36.5 Å². The largest absolute Gasteiger partial charge is 0.490 e. The van der Waals surface area contributed by atoms with Gasteiger partial charge in [0.1, 0.15) is 0 Å². The maximum atomic E-state index is 12.4. The van der Waals surface area contributed by atoms with Crippen molar-refractivity contribution in [2.24, 2.45) is 0 Å². The Morgan fingerprint density at radius 3 is 2.75 bits per heavy atom. The van der Waals surface area contributed by atoms with E-state index in [4.69, 9.17) is 21.1 Å². The molecule has 0 aliphatic heterocycles. The molecule has 1 N–H and O–H groups in total. The number of hydrogen-bond donors (Lipinski definition) is 1. The summed E-state index contributed by atoms with van der Waals surface area (Å²) in [7, 11) is 0. The maximum absolute atomic E-state index is 12.4. The Morgan fingerprint density at radius 2 is 2.08 bits per heavy atom. The molecular formula is C18H21ClN2O3. The van der Waals surface area contributed by atoms with Gasteiger partial charge in [-0.2, -0.15) is 0 Å². The number of halogens is 1. The lowest BCUT2D eigenvalue weighted by Crippen LogP contribution is -2.23. The van der Waals surface area contributed by atoms with Crippen molar-refractivity contribution in [1.82, 2.24) is 10.3 Å². The van der Waals surface area contributed by atoms with Crippen molar-refractivity contribution >= 4 is 17.5 Å². The van der Waals surface area contributed by atoms with Crippen LogP contribution in [0.25, 0.3) is 0 Å². The van der Waals surface area contributed by atoms with Gasteiger partial charge < -0.3 is 14.8 Å². The molecule has 128 valence electrons. The van der Waals surface area contributed by atoms with E-state index in [-0.39, 0.29) is 5.91 Å². The molecule has 0 spiro atoms. The summed E-state index contributed by atoms with van der Waals surface area (Å²) in [5.74, 6) is 0.702. The smallest absolute Gasteiger partial charge is 0.251 e. The van der Waals surface area contributed by atoms with Crippen LogP contribution in [0.1, 0.15) is 36.3 Å². The molecule has 0 saturated heterocycles. The summed E-state index contributed by atoms with van der Waals surface area (Å²) in [6.45, 7) is 5.21. The monoisotopic (exact) mass is 348 g/mol. The van der Waals surface area contributed by atoms with Crippen molar-refractivity contribution in [1.29, 1.82) is 0 Å². The van der Waals surface area contributed by atoms with Gasteiger partial charge in [0.25, 0.3) is 5.91 Å². The number of carbonyl (C=O) groups is 1. The summed E-state index contributed by atoms with van der Waals surface area (Å²) in [5.41, 5.74) is 1.20. The topological polar surface area (TPSA) is 60.5 Å². The van der Waals surface area contributed by atoms with Crippen LogP contribution in [-0.4, -0.2) is 24.1 Å². The quantitative estimate of drug-likeness (QED) is 0.787. The van der Waals surface area contributed by atoms with E-state index in [1.165, 1.54) is 0 Å². The highest BCUT2D eigenvalue weighted by molar-refractivity contribution is 6.32. The molecule has 0 atom stereocenters. The molecule has 2 rings (SSSR count). The Kier molecular flexibility index (Phi) is 6.88. The molecule has 0 unspecified atom stereocenters. The van der Waals surface area contributed by atoms with Crippen LogP contribution in [0.3, 0.4) is 0 Å². The fourth-order valence-corrected chi connectivity index (χ4v) is 2.35. The van der Waals surface area contributed by atoms with Gasteiger partial charge in [0.05, 0.1) is 30.5 Å². The molecule has 5 nitrogen and oxygen atoms in total. The fourth-order valence-electron chi connectivity index (χ4n) is 2.08. The first-order valence-electron chi connectivity index (χ1n) is 7.93. The fraction of sp³-hybridized carbons (Fsp3) is 0.333. The minimum Gasteiger partial charge on any atom is -0.490 e. The molecule has 0 aliphatic carbocycles. The minimum atomic E-state index is -0.245. The number of ether oxygens (including phenoxy) is 2. The first-order valence-corrected chi connectivity index (χ1v) is 8.30. The molecule has 2 aromatic rings. The first kappa shape index (κ1) is 18.1. The molecule has 0 bridgehead atoms. The maximum Gasteiger partial charge on any atom is 0.251 e. The minimum absolute atomic E-state index is 0.245. The molecule has 0 saturated carbocycles. The lowest BCUT2D eigenvalue weighted by Gasteiger charge is -2.15. The van der Waals surface area contributed by atoms with Crippen molar-refractivity contribution in [2.75, 3.05) is 13.2 Å². The molecule has 6 heteroatoms. The Labute approximate surface area is 147 Å². The second-order valence-electron chi connectivity index (χ2n) is 5.07. The molecule has 1 aromatic carbocycles. The lowest BCUT2D eigenvalue weighted by molar-refractivity contribution is 0.0950. The third-order valence-corrected chi connectivity index (χ3v) is 3.46. The molecular weight excluding hydrogens is 328 g/mol. The average Bonchev–Trinajstić information content (AvgIpc) is 2.60. The third kappa shape index (κ3) is 4.86. The summed E-state index contributed by atoms with van der Waals surface area (Å²) in [5, 5.41) is 3.18. The van der Waals surface area contributed by atoms with E-state index in [1.54, 1.807) is 18.3 Å². The van der Waals surface area contributed by atoms with E-state index in [0.717, 1.165) is 12.1 Å². The zero-order chi connectivity index (χ0) is 17.4. The predicted octanol–water partition coefficient (Wildman–Crippen LogP) is 3.85. The summed E-state index contributed by atoms with van der Waals surface area (Å²) in [4.78, 5) is 16.5. The molecule has 0 fully saturated rings. The number of pyridine rings is 1. The first-order chi connectivity index (χ1) is 11.7. The van der Waals surface area contributed by atoms with Crippen LogP contribution in [0.2, 0.25) is 5.02 Å². The van der Waals surface area contributed by atoms with Gasteiger partial charge in [0.2, 0.25) is 0 Å². The molecule has 1 aromatic heterocycles. The number of nitrogens with one attached hydrogen (secondary N) is 1. The Bertz CT molecular complexity index is 677. The third-order valence-electron chi connectivity index (χ3n) is 3.18. The van der Waals surface area contributed by atoms with Gasteiger partial charge in [-0.25, -0.2) is 0 Å². The standard InChI is InChI=1S/C18H21ClN2O3/c1-3-9-24-17-15(19)10-13(11-16(17)23-4-2)18(22)21-12-14-7-5-6-8-20-14/h5-8,10-11H,3-4,9,12H2,1-2H3,(H,21,22). The van der Waals surface area contributed by atoms with E-state index >= 15 is 0 Å². The van der Waals surface area contributed by atoms with Crippen molar-refractivity contribution in [3.05, 3.63) is 52.8 Å². The highest BCUT2D eigenvalue weighted by atomic mass is 35.5. The predicted molar refractivity (Wildman–Crippen MR) is 93.8 cm³/mol. The van der Waals surface area contributed by atoms with E-state index in [2.05, 4.69) is 10.3 Å². The van der Waals surface area contributed by atoms with Gasteiger partial charge in [-0.3, -0.25) is 9.78 Å². The van der Waals surface area contributed by atoms with Gasteiger partial charge in [-0.05, 0) is 37.6 Å². The molecule has 1 amide bonds. The van der Waals surface area contributed by atoms with Gasteiger partial charge in [-0.15, -0.1) is 0 Å². The number of nitrogens with zero attached hydrogens (tertiary/aromatic N) is 1. The van der Waals surface area contributed by atoms with Crippen LogP contribution in [0, 0.1) is 0 Å². The van der Waals surface area contributed by atoms with Crippen molar-refractivity contribution in [3.8, 4) is 11.5 Å². The van der Waals surface area contributed by atoms with Crippen LogP contribution in [0.4, 0.5) is 0 Å².